The van der Waals surface area contributed by atoms with Crippen molar-refractivity contribution in [3.05, 3.63) is 35.7 Å². The van der Waals surface area contributed by atoms with Crippen LogP contribution in [0.4, 0.5) is 0 Å². The molecule has 0 radical (unpaired) electrons. The Morgan fingerprint density at radius 3 is 2.82 bits per heavy atom. The average molecular weight is 229 g/mol. The van der Waals surface area contributed by atoms with Gasteiger partial charge in [-0.15, -0.1) is 0 Å². The first kappa shape index (κ1) is 9.89. The van der Waals surface area contributed by atoms with E-state index in [2.05, 4.69) is 4.98 Å². The number of fused-ring (bicyclic) bond motifs is 3. The van der Waals surface area contributed by atoms with E-state index in [9.17, 15) is 4.79 Å². The summed E-state index contributed by atoms with van der Waals surface area (Å²) in [4.78, 5) is 15.0. The van der Waals surface area contributed by atoms with E-state index < -0.39 is 5.97 Å². The van der Waals surface area contributed by atoms with Crippen molar-refractivity contribution < 1.29 is 9.90 Å². The lowest BCUT2D eigenvalue weighted by atomic mass is 10.2. The molecule has 0 saturated heterocycles. The molecule has 2 aromatic heterocycles. The van der Waals surface area contributed by atoms with E-state index in [0.717, 1.165) is 16.6 Å². The van der Waals surface area contributed by atoms with Gasteiger partial charge in [-0.05, 0) is 24.6 Å². The second-order valence-corrected chi connectivity index (χ2v) is 4.15. The SMILES string of the molecule is Cc1ccc2c(c1)n1cc(C(=O)O)nc1n2C. The summed E-state index contributed by atoms with van der Waals surface area (Å²) in [6.07, 6.45) is 1.56. The molecule has 0 aliphatic rings. The zero-order valence-electron chi connectivity index (χ0n) is 9.51. The highest BCUT2D eigenvalue weighted by atomic mass is 16.4. The van der Waals surface area contributed by atoms with Gasteiger partial charge in [-0.3, -0.25) is 4.40 Å². The number of carboxylic acid groups (broad SMARTS) is 1. The second-order valence-electron chi connectivity index (χ2n) is 4.15. The first-order chi connectivity index (χ1) is 8.08. The molecule has 0 aliphatic carbocycles. The Morgan fingerprint density at radius 1 is 1.35 bits per heavy atom. The van der Waals surface area contributed by atoms with Gasteiger partial charge in [0.15, 0.2) is 5.69 Å². The summed E-state index contributed by atoms with van der Waals surface area (Å²) in [6, 6.07) is 6.06. The Labute approximate surface area is 96.9 Å². The van der Waals surface area contributed by atoms with Crippen molar-refractivity contribution in [1.82, 2.24) is 14.0 Å². The maximum atomic E-state index is 10.9. The largest absolute Gasteiger partial charge is 0.476 e. The van der Waals surface area contributed by atoms with Crippen molar-refractivity contribution in [2.24, 2.45) is 7.05 Å². The van der Waals surface area contributed by atoms with Crippen molar-refractivity contribution in [3.8, 4) is 0 Å². The summed E-state index contributed by atoms with van der Waals surface area (Å²) in [7, 11) is 1.88. The van der Waals surface area contributed by atoms with Crippen LogP contribution in [-0.4, -0.2) is 25.0 Å². The Balaban J connectivity index is 2.48. The van der Waals surface area contributed by atoms with Gasteiger partial charge in [0, 0.05) is 13.2 Å². The molecule has 0 aliphatic heterocycles. The van der Waals surface area contributed by atoms with Gasteiger partial charge in [0.25, 0.3) is 0 Å². The lowest BCUT2D eigenvalue weighted by Gasteiger charge is -1.96. The van der Waals surface area contributed by atoms with Crippen LogP contribution in [0.15, 0.2) is 24.4 Å². The van der Waals surface area contributed by atoms with Crippen molar-refractivity contribution in [3.63, 3.8) is 0 Å². The Morgan fingerprint density at radius 2 is 2.12 bits per heavy atom. The molecular weight excluding hydrogens is 218 g/mol. The van der Waals surface area contributed by atoms with Crippen LogP contribution in [0, 0.1) is 6.92 Å². The summed E-state index contributed by atoms with van der Waals surface area (Å²) in [5.74, 6) is -0.363. The van der Waals surface area contributed by atoms with Crippen LogP contribution in [-0.2, 0) is 7.05 Å². The van der Waals surface area contributed by atoms with Gasteiger partial charge in [0.2, 0.25) is 5.78 Å². The Bertz CT molecular complexity index is 752. The first-order valence-corrected chi connectivity index (χ1v) is 5.25. The number of aryl methyl sites for hydroxylation is 2. The number of carbonyl (C=O) groups is 1. The Kier molecular flexibility index (Phi) is 1.80. The van der Waals surface area contributed by atoms with Crippen LogP contribution in [0.1, 0.15) is 16.1 Å². The van der Waals surface area contributed by atoms with Gasteiger partial charge < -0.3 is 9.67 Å². The molecule has 0 amide bonds. The monoisotopic (exact) mass is 229 g/mol. The minimum Gasteiger partial charge on any atom is -0.476 e. The molecule has 86 valence electrons. The van der Waals surface area contributed by atoms with Gasteiger partial charge in [-0.25, -0.2) is 9.78 Å². The number of aromatic carboxylic acids is 1. The summed E-state index contributed by atoms with van der Waals surface area (Å²) in [5, 5.41) is 8.94. The third kappa shape index (κ3) is 1.25. The molecule has 1 N–H and O–H groups in total. The van der Waals surface area contributed by atoms with E-state index in [4.69, 9.17) is 5.11 Å². The van der Waals surface area contributed by atoms with E-state index in [-0.39, 0.29) is 5.69 Å². The van der Waals surface area contributed by atoms with Gasteiger partial charge >= 0.3 is 5.97 Å². The maximum absolute atomic E-state index is 10.9. The molecule has 5 heteroatoms. The van der Waals surface area contributed by atoms with E-state index >= 15 is 0 Å². The van der Waals surface area contributed by atoms with Crippen LogP contribution in [0.3, 0.4) is 0 Å². The molecule has 17 heavy (non-hydrogen) atoms. The highest BCUT2D eigenvalue weighted by Crippen LogP contribution is 2.21. The number of hydrogen-bond donors (Lipinski definition) is 1. The summed E-state index contributed by atoms with van der Waals surface area (Å²) in [5.41, 5.74) is 3.21. The average Bonchev–Trinajstić information content (AvgIpc) is 2.80. The zero-order valence-corrected chi connectivity index (χ0v) is 9.51. The highest BCUT2D eigenvalue weighted by molar-refractivity contribution is 5.88. The minimum absolute atomic E-state index is 0.0685. The van der Waals surface area contributed by atoms with E-state index in [1.165, 1.54) is 0 Å². The Hall–Kier alpha value is -2.30. The number of benzene rings is 1. The zero-order chi connectivity index (χ0) is 12.2. The normalized spacial score (nSPS) is 11.4. The molecular formula is C12H11N3O2. The van der Waals surface area contributed by atoms with Gasteiger partial charge in [-0.2, -0.15) is 0 Å². The molecule has 2 heterocycles. The fraction of sp³-hybridized carbons (Fsp3) is 0.167. The molecule has 0 saturated carbocycles. The maximum Gasteiger partial charge on any atom is 0.356 e. The molecule has 0 unspecified atom stereocenters. The van der Waals surface area contributed by atoms with Crippen molar-refractivity contribution in [2.75, 3.05) is 0 Å². The van der Waals surface area contributed by atoms with Gasteiger partial charge in [0.05, 0.1) is 11.0 Å². The van der Waals surface area contributed by atoms with Crippen molar-refractivity contribution in [2.45, 2.75) is 6.92 Å². The van der Waals surface area contributed by atoms with E-state index in [1.54, 1.807) is 6.20 Å². The molecule has 1 aromatic carbocycles. The number of aromatic nitrogens is 3. The third-order valence-electron chi connectivity index (χ3n) is 2.96. The lowest BCUT2D eigenvalue weighted by molar-refractivity contribution is 0.0691. The summed E-state index contributed by atoms with van der Waals surface area (Å²) in [6.45, 7) is 2.01. The number of carboxylic acids is 1. The fourth-order valence-corrected chi connectivity index (χ4v) is 2.11. The molecule has 0 fully saturated rings. The van der Waals surface area contributed by atoms with Crippen LogP contribution in [0.25, 0.3) is 16.8 Å². The number of rotatable bonds is 1. The molecule has 5 nitrogen and oxygen atoms in total. The minimum atomic E-state index is -1.01. The summed E-state index contributed by atoms with van der Waals surface area (Å²) >= 11 is 0. The molecule has 3 aromatic rings. The first-order valence-electron chi connectivity index (χ1n) is 5.25. The smallest absolute Gasteiger partial charge is 0.356 e. The van der Waals surface area contributed by atoms with Crippen LogP contribution in [0.2, 0.25) is 0 Å². The van der Waals surface area contributed by atoms with Crippen molar-refractivity contribution >= 4 is 22.8 Å². The predicted molar refractivity (Wildman–Crippen MR) is 63.4 cm³/mol. The van der Waals surface area contributed by atoms with Crippen LogP contribution in [0.5, 0.6) is 0 Å². The standard InChI is InChI=1S/C12H11N3O2/c1-7-3-4-9-10(5-7)15-6-8(11(16)17)13-12(15)14(9)2/h3-6H,1-2H3,(H,16,17). The molecule has 0 bridgehead atoms. The van der Waals surface area contributed by atoms with E-state index in [0.29, 0.717) is 5.78 Å². The predicted octanol–water partition coefficient (Wildman–Crippen LogP) is 1.83. The number of hydrogen-bond acceptors (Lipinski definition) is 2. The molecule has 0 spiro atoms. The fourth-order valence-electron chi connectivity index (χ4n) is 2.11. The number of nitrogens with zero attached hydrogens (tertiary/aromatic N) is 3. The van der Waals surface area contributed by atoms with Crippen LogP contribution >= 0.6 is 0 Å². The summed E-state index contributed by atoms with van der Waals surface area (Å²) < 4.78 is 3.70. The van der Waals surface area contributed by atoms with Crippen molar-refractivity contribution in [1.29, 1.82) is 0 Å². The lowest BCUT2D eigenvalue weighted by Crippen LogP contribution is -1.97. The van der Waals surface area contributed by atoms with Gasteiger partial charge in [0.1, 0.15) is 0 Å². The van der Waals surface area contributed by atoms with Gasteiger partial charge in [-0.1, -0.05) is 6.07 Å². The second kappa shape index (κ2) is 3.10. The topological polar surface area (TPSA) is 59.5 Å². The highest BCUT2D eigenvalue weighted by Gasteiger charge is 2.14. The van der Waals surface area contributed by atoms with Crippen LogP contribution < -0.4 is 0 Å². The quantitative estimate of drug-likeness (QED) is 0.692. The van der Waals surface area contributed by atoms with E-state index in [1.807, 2.05) is 41.1 Å². The number of imidazole rings is 2. The molecule has 0 atom stereocenters. The third-order valence-corrected chi connectivity index (χ3v) is 2.96. The molecule has 3 rings (SSSR count).